The number of aryl methyl sites for hydroxylation is 1. The number of fused-ring (bicyclic) bond motifs is 1. The Morgan fingerprint density at radius 1 is 1.14 bits per heavy atom. The fraction of sp³-hybridized carbons (Fsp3) is 0.381. The van der Waals surface area contributed by atoms with Gasteiger partial charge in [-0.1, -0.05) is 43.3 Å². The normalized spacial score (nSPS) is 13.7. The second-order valence-electron chi connectivity index (χ2n) is 6.95. The zero-order valence-corrected chi connectivity index (χ0v) is 17.0. The number of benzene rings is 2. The van der Waals surface area contributed by atoms with E-state index >= 15 is 0 Å². The number of rotatable bonds is 7. The average Bonchev–Trinajstić information content (AvgIpc) is 2.68. The van der Waals surface area contributed by atoms with E-state index in [1.807, 2.05) is 49.4 Å². The van der Waals surface area contributed by atoms with Gasteiger partial charge in [0.15, 0.2) is 0 Å². The van der Waals surface area contributed by atoms with Gasteiger partial charge in [-0.3, -0.25) is 4.31 Å². The van der Waals surface area contributed by atoms with Crippen molar-refractivity contribution in [2.24, 2.45) is 0 Å². The van der Waals surface area contributed by atoms with E-state index in [9.17, 15) is 13.2 Å². The zero-order valence-electron chi connectivity index (χ0n) is 16.1. The van der Waals surface area contributed by atoms with Crippen LogP contribution < -0.4 is 14.9 Å². The number of anilines is 2. The molecule has 1 heterocycles. The fourth-order valence-electron chi connectivity index (χ4n) is 3.42. The predicted molar refractivity (Wildman–Crippen MR) is 113 cm³/mol. The Kier molecular flexibility index (Phi) is 6.57. The number of hydrogen-bond acceptors (Lipinski definition) is 3. The monoisotopic (exact) mass is 401 g/mol. The van der Waals surface area contributed by atoms with Gasteiger partial charge in [0.05, 0.1) is 11.4 Å². The molecule has 6 nitrogen and oxygen atoms in total. The molecule has 0 fully saturated rings. The lowest BCUT2D eigenvalue weighted by Gasteiger charge is -2.31. The molecule has 2 aromatic rings. The van der Waals surface area contributed by atoms with Crippen LogP contribution in [0.3, 0.4) is 0 Å². The van der Waals surface area contributed by atoms with Crippen molar-refractivity contribution in [3.63, 3.8) is 0 Å². The van der Waals surface area contributed by atoms with Crippen LogP contribution in [0.2, 0.25) is 0 Å². The maximum atomic E-state index is 12.6. The Labute approximate surface area is 167 Å². The molecule has 0 aliphatic carbocycles. The maximum Gasteiger partial charge on any atom is 0.319 e. The van der Waals surface area contributed by atoms with Gasteiger partial charge in [0.25, 0.3) is 0 Å². The number of nitrogens with zero attached hydrogens (tertiary/aromatic N) is 1. The van der Waals surface area contributed by atoms with Crippen molar-refractivity contribution >= 4 is 27.4 Å². The molecule has 150 valence electrons. The van der Waals surface area contributed by atoms with E-state index in [2.05, 4.69) is 10.6 Å². The first kappa shape index (κ1) is 20.2. The van der Waals surface area contributed by atoms with Crippen LogP contribution in [0.25, 0.3) is 0 Å². The van der Waals surface area contributed by atoms with E-state index in [0.29, 0.717) is 30.9 Å². The lowest BCUT2D eigenvalue weighted by atomic mass is 10.0. The van der Waals surface area contributed by atoms with Crippen molar-refractivity contribution in [1.82, 2.24) is 5.32 Å². The largest absolute Gasteiger partial charge is 0.338 e. The lowest BCUT2D eigenvalue weighted by molar-refractivity contribution is 0.252. The van der Waals surface area contributed by atoms with E-state index in [4.69, 9.17) is 0 Å². The summed E-state index contributed by atoms with van der Waals surface area (Å²) in [5.41, 5.74) is 3.44. The van der Waals surface area contributed by atoms with E-state index in [0.717, 1.165) is 30.4 Å². The van der Waals surface area contributed by atoms with Gasteiger partial charge in [0, 0.05) is 18.8 Å². The minimum atomic E-state index is -3.33. The summed E-state index contributed by atoms with van der Waals surface area (Å²) >= 11 is 0. The highest BCUT2D eigenvalue weighted by Crippen LogP contribution is 2.32. The molecule has 0 unspecified atom stereocenters. The van der Waals surface area contributed by atoms with E-state index in [-0.39, 0.29) is 11.8 Å². The van der Waals surface area contributed by atoms with Gasteiger partial charge in [-0.05, 0) is 48.9 Å². The number of amides is 2. The van der Waals surface area contributed by atoms with Crippen molar-refractivity contribution in [3.05, 3.63) is 59.7 Å². The van der Waals surface area contributed by atoms with Crippen LogP contribution in [0, 0.1) is 0 Å². The van der Waals surface area contributed by atoms with Crippen molar-refractivity contribution < 1.29 is 13.2 Å². The molecule has 0 atom stereocenters. The first-order valence-corrected chi connectivity index (χ1v) is 11.3. The summed E-state index contributed by atoms with van der Waals surface area (Å²) in [5.74, 6) is 0.129. The molecule has 2 aromatic carbocycles. The van der Waals surface area contributed by atoms with Crippen molar-refractivity contribution in [2.75, 3.05) is 28.5 Å². The molecular formula is C21H27N3O3S. The average molecular weight is 402 g/mol. The Morgan fingerprint density at radius 3 is 2.68 bits per heavy atom. The van der Waals surface area contributed by atoms with Gasteiger partial charge in [-0.25, -0.2) is 13.2 Å². The summed E-state index contributed by atoms with van der Waals surface area (Å²) in [6.07, 6.45) is 2.98. The molecule has 1 aliphatic heterocycles. The molecule has 0 bridgehead atoms. The third kappa shape index (κ3) is 5.04. The van der Waals surface area contributed by atoms with Crippen molar-refractivity contribution in [2.45, 2.75) is 32.6 Å². The SMILES string of the molecule is CCCS(=O)(=O)N1CCCc2ccc(NC(=O)NCCc3ccccc3)cc21. The van der Waals surface area contributed by atoms with Crippen LogP contribution >= 0.6 is 0 Å². The number of nitrogens with one attached hydrogen (secondary N) is 2. The Bertz CT molecular complexity index is 914. The van der Waals surface area contributed by atoms with Gasteiger partial charge in [0.2, 0.25) is 10.0 Å². The van der Waals surface area contributed by atoms with Crippen LogP contribution in [0.15, 0.2) is 48.5 Å². The van der Waals surface area contributed by atoms with E-state index < -0.39 is 10.0 Å². The molecule has 28 heavy (non-hydrogen) atoms. The second kappa shape index (κ2) is 9.10. The van der Waals surface area contributed by atoms with Crippen LogP contribution in [0.5, 0.6) is 0 Å². The van der Waals surface area contributed by atoms with Gasteiger partial charge >= 0.3 is 6.03 Å². The standard InChI is InChI=1S/C21H27N3O3S/c1-2-15-28(26,27)24-14-6-9-18-10-11-19(16-20(18)24)23-21(25)22-13-12-17-7-4-3-5-8-17/h3-5,7-8,10-11,16H,2,6,9,12-15H2,1H3,(H2,22,23,25). The zero-order chi connectivity index (χ0) is 20.0. The highest BCUT2D eigenvalue weighted by atomic mass is 32.2. The maximum absolute atomic E-state index is 12.6. The van der Waals surface area contributed by atoms with Crippen LogP contribution in [-0.4, -0.2) is 33.3 Å². The second-order valence-corrected chi connectivity index (χ2v) is 8.96. The Balaban J connectivity index is 1.64. The Morgan fingerprint density at radius 2 is 1.93 bits per heavy atom. The molecule has 1 aliphatic rings. The summed E-state index contributed by atoms with van der Waals surface area (Å²) in [7, 11) is -3.33. The molecule has 0 radical (unpaired) electrons. The first-order valence-electron chi connectivity index (χ1n) is 9.72. The highest BCUT2D eigenvalue weighted by Gasteiger charge is 2.27. The molecule has 2 N–H and O–H groups in total. The molecule has 2 amide bonds. The number of hydrogen-bond donors (Lipinski definition) is 2. The molecular weight excluding hydrogens is 374 g/mol. The van der Waals surface area contributed by atoms with E-state index in [1.165, 1.54) is 4.31 Å². The quantitative estimate of drug-likeness (QED) is 0.745. The number of carbonyl (C=O) groups is 1. The summed E-state index contributed by atoms with van der Waals surface area (Å²) in [6, 6.07) is 15.1. The first-order chi connectivity index (χ1) is 13.5. The number of sulfonamides is 1. The summed E-state index contributed by atoms with van der Waals surface area (Å²) in [6.45, 7) is 2.88. The smallest absolute Gasteiger partial charge is 0.319 e. The van der Waals surface area contributed by atoms with Crippen LogP contribution in [0.4, 0.5) is 16.2 Å². The topological polar surface area (TPSA) is 78.5 Å². The molecule has 0 saturated heterocycles. The minimum Gasteiger partial charge on any atom is -0.338 e. The fourth-order valence-corrected chi connectivity index (χ4v) is 5.03. The Hall–Kier alpha value is -2.54. The lowest BCUT2D eigenvalue weighted by Crippen LogP contribution is -2.37. The minimum absolute atomic E-state index is 0.129. The van der Waals surface area contributed by atoms with Gasteiger partial charge in [-0.2, -0.15) is 0 Å². The van der Waals surface area contributed by atoms with Crippen molar-refractivity contribution in [3.8, 4) is 0 Å². The third-order valence-electron chi connectivity index (χ3n) is 4.76. The van der Waals surface area contributed by atoms with Crippen molar-refractivity contribution in [1.29, 1.82) is 0 Å². The summed E-state index contributed by atoms with van der Waals surface area (Å²) < 4.78 is 26.7. The highest BCUT2D eigenvalue weighted by molar-refractivity contribution is 7.92. The molecule has 3 rings (SSSR count). The summed E-state index contributed by atoms with van der Waals surface area (Å²) in [4.78, 5) is 12.2. The van der Waals surface area contributed by atoms with Gasteiger partial charge < -0.3 is 10.6 Å². The number of urea groups is 1. The van der Waals surface area contributed by atoms with Gasteiger partial charge in [-0.15, -0.1) is 0 Å². The molecule has 7 heteroatoms. The molecule has 0 saturated carbocycles. The van der Waals surface area contributed by atoms with Crippen LogP contribution in [-0.2, 0) is 22.9 Å². The number of carbonyl (C=O) groups excluding carboxylic acids is 1. The third-order valence-corrected chi connectivity index (χ3v) is 6.73. The molecule has 0 aromatic heterocycles. The predicted octanol–water partition coefficient (Wildman–Crippen LogP) is 3.54. The molecule has 0 spiro atoms. The van der Waals surface area contributed by atoms with Crippen LogP contribution in [0.1, 0.15) is 30.9 Å². The van der Waals surface area contributed by atoms with Gasteiger partial charge in [0.1, 0.15) is 0 Å². The van der Waals surface area contributed by atoms with E-state index in [1.54, 1.807) is 6.07 Å². The summed E-state index contributed by atoms with van der Waals surface area (Å²) in [5, 5.41) is 5.65.